The highest BCUT2D eigenvalue weighted by Crippen LogP contribution is 2.27. The van der Waals surface area contributed by atoms with Crippen LogP contribution in [0.1, 0.15) is 25.3 Å². The van der Waals surface area contributed by atoms with E-state index in [0.717, 1.165) is 0 Å². The third-order valence-corrected chi connectivity index (χ3v) is 6.60. The molecule has 33 heavy (non-hydrogen) atoms. The first-order valence-electron chi connectivity index (χ1n) is 10.3. The van der Waals surface area contributed by atoms with Gasteiger partial charge in [0.25, 0.3) is 5.56 Å². The summed E-state index contributed by atoms with van der Waals surface area (Å²) in [6.45, 7) is 4.23. The minimum absolute atomic E-state index is 0.0394. The molecule has 0 aliphatic carbocycles. The molecule has 1 heterocycles. The number of nitrogens with zero attached hydrogens (tertiary/aromatic N) is 2. The van der Waals surface area contributed by atoms with E-state index in [4.69, 9.17) is 23.2 Å². The third kappa shape index (κ3) is 5.24. The highest BCUT2D eigenvalue weighted by atomic mass is 35.5. The van der Waals surface area contributed by atoms with Crippen LogP contribution < -0.4 is 10.9 Å². The van der Waals surface area contributed by atoms with E-state index in [1.807, 2.05) is 36.4 Å². The van der Waals surface area contributed by atoms with Crippen molar-refractivity contribution >= 4 is 57.5 Å². The highest BCUT2D eigenvalue weighted by Gasteiger charge is 2.16. The summed E-state index contributed by atoms with van der Waals surface area (Å²) in [6, 6.07) is 19.9. The van der Waals surface area contributed by atoms with E-state index in [2.05, 4.69) is 24.1 Å². The molecule has 4 rings (SSSR count). The predicted octanol–water partition coefficient (Wildman–Crippen LogP) is 6.55. The fraction of sp³-hybridized carbons (Fsp3) is 0.160. The Morgan fingerprint density at radius 2 is 1.79 bits per heavy atom. The fourth-order valence-corrected chi connectivity index (χ4v) is 4.50. The Bertz CT molecular complexity index is 1390. The van der Waals surface area contributed by atoms with Gasteiger partial charge < -0.3 is 5.32 Å². The maximum Gasteiger partial charge on any atom is 0.266 e. The number of fused-ring (bicyclic) bond motifs is 1. The summed E-state index contributed by atoms with van der Waals surface area (Å²) < 4.78 is 1.55. The monoisotopic (exact) mass is 497 g/mol. The van der Waals surface area contributed by atoms with Gasteiger partial charge in [-0.1, -0.05) is 73.1 Å². The highest BCUT2D eigenvalue weighted by molar-refractivity contribution is 7.99. The second-order valence-corrected chi connectivity index (χ2v) is 9.55. The molecule has 0 aliphatic rings. The van der Waals surface area contributed by atoms with Crippen LogP contribution in [0.4, 0.5) is 5.69 Å². The average Bonchev–Trinajstić information content (AvgIpc) is 2.80. The number of anilines is 1. The van der Waals surface area contributed by atoms with Crippen molar-refractivity contribution in [1.29, 1.82) is 0 Å². The number of rotatable bonds is 6. The Labute approximate surface area is 205 Å². The number of thioether (sulfide) groups is 1. The van der Waals surface area contributed by atoms with Gasteiger partial charge in [-0.15, -0.1) is 0 Å². The van der Waals surface area contributed by atoms with E-state index in [1.165, 1.54) is 17.3 Å². The SMILES string of the molecule is CC(C)c1ccc(-n2c(SCC(=O)Nc3cc(Cl)ccc3Cl)nc3ccccc3c2=O)cc1. The molecule has 0 fully saturated rings. The van der Waals surface area contributed by atoms with Gasteiger partial charge in [0.1, 0.15) is 0 Å². The molecule has 4 aromatic rings. The zero-order valence-corrected chi connectivity index (χ0v) is 20.3. The molecule has 0 saturated heterocycles. The van der Waals surface area contributed by atoms with Crippen LogP contribution in [0.3, 0.4) is 0 Å². The Balaban J connectivity index is 1.67. The number of halogens is 2. The van der Waals surface area contributed by atoms with E-state index < -0.39 is 0 Å². The van der Waals surface area contributed by atoms with Gasteiger partial charge in [-0.2, -0.15) is 0 Å². The molecular formula is C25H21Cl2N3O2S. The number of nitrogens with one attached hydrogen (secondary N) is 1. The van der Waals surface area contributed by atoms with Crippen molar-refractivity contribution in [1.82, 2.24) is 9.55 Å². The smallest absolute Gasteiger partial charge is 0.266 e. The van der Waals surface area contributed by atoms with E-state index in [1.54, 1.807) is 34.9 Å². The third-order valence-electron chi connectivity index (χ3n) is 5.10. The molecule has 0 radical (unpaired) electrons. The van der Waals surface area contributed by atoms with E-state index in [0.29, 0.717) is 43.4 Å². The molecule has 168 valence electrons. The summed E-state index contributed by atoms with van der Waals surface area (Å²) in [5.74, 6) is 0.132. The normalized spacial score (nSPS) is 11.2. The lowest BCUT2D eigenvalue weighted by Crippen LogP contribution is -2.23. The van der Waals surface area contributed by atoms with Crippen LogP contribution in [0.15, 0.2) is 76.7 Å². The van der Waals surface area contributed by atoms with Crippen molar-refractivity contribution in [2.24, 2.45) is 0 Å². The molecule has 1 aromatic heterocycles. The van der Waals surface area contributed by atoms with Gasteiger partial charge in [0, 0.05) is 5.02 Å². The summed E-state index contributed by atoms with van der Waals surface area (Å²) in [4.78, 5) is 30.7. The van der Waals surface area contributed by atoms with Crippen LogP contribution in [-0.4, -0.2) is 21.2 Å². The number of aromatic nitrogens is 2. The van der Waals surface area contributed by atoms with E-state index >= 15 is 0 Å². The summed E-state index contributed by atoms with van der Waals surface area (Å²) in [6.07, 6.45) is 0. The van der Waals surface area contributed by atoms with Crippen molar-refractivity contribution < 1.29 is 4.79 Å². The first-order valence-corrected chi connectivity index (χ1v) is 12.1. The van der Waals surface area contributed by atoms with E-state index in [-0.39, 0.29) is 17.2 Å². The lowest BCUT2D eigenvalue weighted by molar-refractivity contribution is -0.113. The van der Waals surface area contributed by atoms with Crippen molar-refractivity contribution in [3.8, 4) is 5.69 Å². The number of hydrogen-bond acceptors (Lipinski definition) is 4. The summed E-state index contributed by atoms with van der Waals surface area (Å²) >= 11 is 13.3. The second kappa shape index (κ2) is 10.00. The molecule has 1 N–H and O–H groups in total. The Hall–Kier alpha value is -2.80. The van der Waals surface area contributed by atoms with Crippen LogP contribution in [0.5, 0.6) is 0 Å². The molecule has 0 saturated carbocycles. The predicted molar refractivity (Wildman–Crippen MR) is 137 cm³/mol. The number of para-hydroxylation sites is 1. The van der Waals surface area contributed by atoms with Gasteiger partial charge in [0.05, 0.1) is 33.1 Å². The van der Waals surface area contributed by atoms with Crippen LogP contribution >= 0.6 is 35.0 Å². The largest absolute Gasteiger partial charge is 0.324 e. The molecule has 0 bridgehead atoms. The maximum absolute atomic E-state index is 13.4. The number of benzene rings is 3. The first-order chi connectivity index (χ1) is 15.8. The average molecular weight is 498 g/mol. The van der Waals surface area contributed by atoms with E-state index in [9.17, 15) is 9.59 Å². The van der Waals surface area contributed by atoms with Gasteiger partial charge in [0.15, 0.2) is 5.16 Å². The minimum atomic E-state index is -0.284. The summed E-state index contributed by atoms with van der Waals surface area (Å²) in [5.41, 5.74) is 2.70. The van der Waals surface area contributed by atoms with Crippen molar-refractivity contribution in [3.63, 3.8) is 0 Å². The second-order valence-electron chi connectivity index (χ2n) is 7.76. The molecule has 0 unspecified atom stereocenters. The van der Waals surface area contributed by atoms with Crippen LogP contribution in [0, 0.1) is 0 Å². The van der Waals surface area contributed by atoms with Crippen molar-refractivity contribution in [3.05, 3.63) is 92.7 Å². The van der Waals surface area contributed by atoms with Crippen LogP contribution in [0.2, 0.25) is 10.0 Å². The topological polar surface area (TPSA) is 64.0 Å². The lowest BCUT2D eigenvalue weighted by atomic mass is 10.0. The number of amides is 1. The first kappa shape index (κ1) is 23.4. The summed E-state index contributed by atoms with van der Waals surface area (Å²) in [5, 5.41) is 4.58. The number of hydrogen-bond donors (Lipinski definition) is 1. The van der Waals surface area contributed by atoms with Crippen LogP contribution in [-0.2, 0) is 4.79 Å². The molecule has 0 aliphatic heterocycles. The quantitative estimate of drug-likeness (QED) is 0.242. The van der Waals surface area contributed by atoms with Crippen molar-refractivity contribution in [2.75, 3.05) is 11.1 Å². The van der Waals surface area contributed by atoms with Gasteiger partial charge >= 0.3 is 0 Å². The van der Waals surface area contributed by atoms with Gasteiger partial charge in [0.2, 0.25) is 5.91 Å². The zero-order valence-electron chi connectivity index (χ0n) is 18.0. The van der Waals surface area contributed by atoms with Crippen molar-refractivity contribution in [2.45, 2.75) is 24.9 Å². The molecular weight excluding hydrogens is 477 g/mol. The fourth-order valence-electron chi connectivity index (χ4n) is 3.35. The minimum Gasteiger partial charge on any atom is -0.324 e. The Morgan fingerprint density at radius 1 is 1.06 bits per heavy atom. The molecule has 1 amide bonds. The Kier molecular flexibility index (Phi) is 7.08. The van der Waals surface area contributed by atoms with Gasteiger partial charge in [-0.3, -0.25) is 14.2 Å². The van der Waals surface area contributed by atoms with Crippen LogP contribution in [0.25, 0.3) is 16.6 Å². The Morgan fingerprint density at radius 3 is 2.52 bits per heavy atom. The zero-order chi connectivity index (χ0) is 23.5. The molecule has 5 nitrogen and oxygen atoms in total. The summed E-state index contributed by atoms with van der Waals surface area (Å²) in [7, 11) is 0. The standard InChI is InChI=1S/C25H21Cl2N3O2S/c1-15(2)16-7-10-18(11-8-16)30-24(32)19-5-3-4-6-21(19)29-25(30)33-14-23(31)28-22-13-17(26)9-12-20(22)27/h3-13,15H,14H2,1-2H3,(H,28,31). The maximum atomic E-state index is 13.4. The number of carbonyl (C=O) groups excluding carboxylic acids is 1. The van der Waals surface area contributed by atoms with Gasteiger partial charge in [-0.05, 0) is 53.9 Å². The molecule has 0 spiro atoms. The van der Waals surface area contributed by atoms with Gasteiger partial charge in [-0.25, -0.2) is 4.98 Å². The molecule has 0 atom stereocenters. The number of carbonyl (C=O) groups is 1. The molecule has 8 heteroatoms. The lowest BCUT2D eigenvalue weighted by Gasteiger charge is -2.14. The molecule has 3 aromatic carbocycles.